The second-order valence-corrected chi connectivity index (χ2v) is 21.6. The van der Waals surface area contributed by atoms with Gasteiger partial charge in [0.25, 0.3) is 0 Å². The molecule has 2 aromatic heterocycles. The number of ketones is 1. The van der Waals surface area contributed by atoms with E-state index in [0.717, 1.165) is 99.8 Å². The molecule has 3 fully saturated rings. The Morgan fingerprint density at radius 2 is 1.48 bits per heavy atom. The molecule has 3 amide bonds. The van der Waals surface area contributed by atoms with Crippen molar-refractivity contribution in [3.8, 4) is 32.4 Å². The number of nitrogens with one attached hydrogen (secondary N) is 2. The minimum Gasteiger partial charge on any atom is -0.508 e. The van der Waals surface area contributed by atoms with Crippen molar-refractivity contribution in [1.29, 1.82) is 0 Å². The molecule has 0 aliphatic carbocycles. The standard InChI is InChI=1S/C54H60N6O7S2/c1-34-48(68-33-56-34)37-8-6-35(7-9-37)30-55-51(66)43-5-4-24-60(43)52(67)50(53(2,3)32-61)57-45(64)31-58-25-20-54(21-26-58)22-27-59(28-23-54)39-14-10-36(11-15-39)47(65)46-42-19-18-41(63)29-44(42)69-49(46)38-12-16-40(62)17-13-38/h6-19,29,33,43,50,61-63H,4-5,20-28,30-32H2,1-3H3,(H,55,66)(H,57,64)/t43?,50-/m1/s1. The number of fused-ring (bicyclic) bond motifs is 1. The van der Waals surface area contributed by atoms with Gasteiger partial charge in [-0.15, -0.1) is 22.7 Å². The van der Waals surface area contributed by atoms with Crippen LogP contribution in [-0.2, 0) is 20.9 Å². The molecule has 13 nitrogen and oxygen atoms in total. The number of hydrogen-bond acceptors (Lipinski definition) is 12. The fourth-order valence-corrected chi connectivity index (χ4v) is 12.3. The van der Waals surface area contributed by atoms with Gasteiger partial charge in [-0.1, -0.05) is 38.1 Å². The van der Waals surface area contributed by atoms with Crippen molar-refractivity contribution in [2.45, 2.75) is 77.9 Å². The molecule has 3 saturated heterocycles. The van der Waals surface area contributed by atoms with Crippen LogP contribution in [0.2, 0.25) is 0 Å². The zero-order valence-corrected chi connectivity index (χ0v) is 41.0. The molecule has 5 N–H and O–H groups in total. The number of piperidine rings is 2. The Labute approximate surface area is 410 Å². The number of anilines is 1. The van der Waals surface area contributed by atoms with E-state index in [9.17, 15) is 34.5 Å². The average molecular weight is 969 g/mol. The molecule has 9 rings (SSSR count). The quantitative estimate of drug-likeness (QED) is 0.0671. The van der Waals surface area contributed by atoms with Gasteiger partial charge in [0.1, 0.15) is 23.6 Å². The molecular weight excluding hydrogens is 909 g/mol. The summed E-state index contributed by atoms with van der Waals surface area (Å²) in [5.74, 6) is -0.682. The number of aliphatic hydroxyl groups excluding tert-OH is 1. The lowest BCUT2D eigenvalue weighted by Gasteiger charge is -2.47. The van der Waals surface area contributed by atoms with Crippen molar-refractivity contribution in [2.75, 3.05) is 50.8 Å². The lowest BCUT2D eigenvalue weighted by molar-refractivity contribution is -0.145. The predicted molar refractivity (Wildman–Crippen MR) is 272 cm³/mol. The third kappa shape index (κ3) is 10.3. The lowest BCUT2D eigenvalue weighted by Crippen LogP contribution is -2.60. The van der Waals surface area contributed by atoms with Gasteiger partial charge < -0.3 is 35.8 Å². The first-order chi connectivity index (χ1) is 33.2. The molecule has 2 atom stereocenters. The number of aliphatic hydroxyl groups is 1. The third-order valence-electron chi connectivity index (χ3n) is 14.6. The van der Waals surface area contributed by atoms with E-state index in [2.05, 4.69) is 25.4 Å². The van der Waals surface area contributed by atoms with Gasteiger partial charge in [-0.25, -0.2) is 4.98 Å². The van der Waals surface area contributed by atoms with Crippen molar-refractivity contribution in [3.05, 3.63) is 119 Å². The highest BCUT2D eigenvalue weighted by Gasteiger charge is 2.44. The summed E-state index contributed by atoms with van der Waals surface area (Å²) < 4.78 is 0.810. The summed E-state index contributed by atoms with van der Waals surface area (Å²) >= 11 is 3.03. The second-order valence-electron chi connectivity index (χ2n) is 19.7. The number of rotatable bonds is 14. The summed E-state index contributed by atoms with van der Waals surface area (Å²) in [5.41, 5.74) is 7.07. The molecule has 3 aliphatic heterocycles. The zero-order chi connectivity index (χ0) is 48.5. The van der Waals surface area contributed by atoms with Crippen LogP contribution in [0.3, 0.4) is 0 Å². The normalized spacial score (nSPS) is 17.8. The lowest BCUT2D eigenvalue weighted by atomic mass is 9.71. The maximum absolute atomic E-state index is 14.3. The van der Waals surface area contributed by atoms with Crippen LogP contribution in [0, 0.1) is 17.8 Å². The monoisotopic (exact) mass is 968 g/mol. The van der Waals surface area contributed by atoms with Crippen LogP contribution in [0.1, 0.15) is 79.6 Å². The summed E-state index contributed by atoms with van der Waals surface area (Å²) in [5, 5.41) is 37.3. The number of nitrogens with zero attached hydrogens (tertiary/aromatic N) is 4. The number of aromatic hydroxyl groups is 2. The smallest absolute Gasteiger partial charge is 0.246 e. The maximum Gasteiger partial charge on any atom is 0.246 e. The van der Waals surface area contributed by atoms with Gasteiger partial charge in [0.05, 0.1) is 29.2 Å². The number of carbonyl (C=O) groups excluding carboxylic acids is 4. The second kappa shape index (κ2) is 20.1. The van der Waals surface area contributed by atoms with Crippen molar-refractivity contribution in [3.63, 3.8) is 0 Å². The van der Waals surface area contributed by atoms with Crippen LogP contribution >= 0.6 is 22.7 Å². The molecule has 3 aliphatic rings. The van der Waals surface area contributed by atoms with Crippen LogP contribution in [0.25, 0.3) is 31.0 Å². The van der Waals surface area contributed by atoms with Gasteiger partial charge in [0, 0.05) is 63.4 Å². The molecule has 360 valence electrons. The van der Waals surface area contributed by atoms with Gasteiger partial charge in [-0.3, -0.25) is 24.1 Å². The highest BCUT2D eigenvalue weighted by Crippen LogP contribution is 2.44. The number of likely N-dealkylation sites (tertiary alicyclic amines) is 2. The maximum atomic E-state index is 14.3. The Kier molecular flexibility index (Phi) is 13.9. The average Bonchev–Trinajstić information content (AvgIpc) is 4.13. The number of phenolic OH excluding ortho intramolecular Hbond substituents is 2. The number of aromatic nitrogens is 1. The van der Waals surface area contributed by atoms with Gasteiger partial charge in [0.2, 0.25) is 17.7 Å². The SMILES string of the molecule is Cc1ncsc1-c1ccc(CNC(=O)C2CCCN2C(=O)[C@@H](NC(=O)CN2CCC3(CC2)CCN(c2ccc(C(=O)c4c(-c5ccc(O)cc5)sc5cc(O)ccc45)cc2)CC3)C(C)(C)CO)cc1. The summed E-state index contributed by atoms with van der Waals surface area (Å²) in [6, 6.07) is 26.1. The fourth-order valence-electron chi connectivity index (χ4n) is 10.2. The van der Waals surface area contributed by atoms with E-state index < -0.39 is 17.5 Å². The van der Waals surface area contributed by atoms with Crippen LogP contribution in [0.5, 0.6) is 11.5 Å². The number of aryl methyl sites for hydroxylation is 1. The molecule has 5 heterocycles. The van der Waals surface area contributed by atoms with E-state index in [4.69, 9.17) is 0 Å². The highest BCUT2D eigenvalue weighted by molar-refractivity contribution is 7.22. The summed E-state index contributed by atoms with van der Waals surface area (Å²) in [6.07, 6.45) is 5.14. The summed E-state index contributed by atoms with van der Waals surface area (Å²) in [6.45, 7) is 9.34. The topological polar surface area (TPSA) is 176 Å². The molecule has 4 aromatic carbocycles. The number of amides is 3. The molecular formula is C54H60N6O7S2. The molecule has 6 aromatic rings. The first-order valence-electron chi connectivity index (χ1n) is 23.9. The molecule has 1 unspecified atom stereocenters. The molecule has 0 bridgehead atoms. The highest BCUT2D eigenvalue weighted by atomic mass is 32.1. The first-order valence-corrected chi connectivity index (χ1v) is 25.6. The number of benzene rings is 4. The number of thiophene rings is 1. The van der Waals surface area contributed by atoms with Gasteiger partial charge in [-0.2, -0.15) is 0 Å². The largest absolute Gasteiger partial charge is 0.508 e. The molecule has 69 heavy (non-hydrogen) atoms. The van der Waals surface area contributed by atoms with Crippen molar-refractivity contribution < 1.29 is 34.5 Å². The van der Waals surface area contributed by atoms with Crippen molar-refractivity contribution in [2.24, 2.45) is 10.8 Å². The molecule has 0 saturated carbocycles. The zero-order valence-electron chi connectivity index (χ0n) is 39.4. The Hall–Kier alpha value is -6.13. The predicted octanol–water partition coefficient (Wildman–Crippen LogP) is 8.14. The Bertz CT molecular complexity index is 2820. The van der Waals surface area contributed by atoms with E-state index in [-0.39, 0.29) is 53.6 Å². The number of thiazole rings is 1. The number of carbonyl (C=O) groups is 4. The van der Waals surface area contributed by atoms with E-state index in [1.165, 1.54) is 11.3 Å². The summed E-state index contributed by atoms with van der Waals surface area (Å²) in [7, 11) is 0. The Balaban J connectivity index is 0.765. The van der Waals surface area contributed by atoms with Crippen LogP contribution in [-0.4, -0.2) is 112 Å². The van der Waals surface area contributed by atoms with Gasteiger partial charge >= 0.3 is 0 Å². The van der Waals surface area contributed by atoms with E-state index in [1.807, 2.05) is 61.0 Å². The van der Waals surface area contributed by atoms with Gasteiger partial charge in [-0.05, 0) is 147 Å². The van der Waals surface area contributed by atoms with E-state index in [1.54, 1.807) is 72.5 Å². The Morgan fingerprint density at radius 1 is 0.826 bits per heavy atom. The first kappa shape index (κ1) is 47.9. The van der Waals surface area contributed by atoms with E-state index >= 15 is 0 Å². The Morgan fingerprint density at radius 3 is 2.14 bits per heavy atom. The van der Waals surface area contributed by atoms with Crippen LogP contribution in [0.15, 0.2) is 96.5 Å². The fraction of sp³-hybridized carbons (Fsp3) is 0.389. The number of hydrogen-bond donors (Lipinski definition) is 5. The number of phenols is 2. The van der Waals surface area contributed by atoms with Gasteiger partial charge in [0.15, 0.2) is 5.78 Å². The van der Waals surface area contributed by atoms with Crippen LogP contribution in [0.4, 0.5) is 5.69 Å². The van der Waals surface area contributed by atoms with Crippen LogP contribution < -0.4 is 15.5 Å². The van der Waals surface area contributed by atoms with E-state index in [0.29, 0.717) is 37.1 Å². The van der Waals surface area contributed by atoms with Crippen molar-refractivity contribution in [1.82, 2.24) is 25.4 Å². The molecule has 1 spiro atoms. The minimum absolute atomic E-state index is 0.101. The molecule has 15 heteroatoms. The summed E-state index contributed by atoms with van der Waals surface area (Å²) in [4.78, 5) is 68.1. The van der Waals surface area contributed by atoms with Crippen molar-refractivity contribution >= 4 is 62.0 Å². The third-order valence-corrected chi connectivity index (χ3v) is 16.8. The minimum atomic E-state index is -1.01. The molecule has 0 radical (unpaired) electrons.